The van der Waals surface area contributed by atoms with Gasteiger partial charge in [-0.2, -0.15) is 0 Å². The van der Waals surface area contributed by atoms with Gasteiger partial charge in [0.25, 0.3) is 10.0 Å². The van der Waals surface area contributed by atoms with Crippen LogP contribution in [0.3, 0.4) is 0 Å². The summed E-state index contributed by atoms with van der Waals surface area (Å²) in [5.74, 6) is -1.02. The van der Waals surface area contributed by atoms with Crippen molar-refractivity contribution in [3.63, 3.8) is 0 Å². The molecule has 8 heteroatoms. The van der Waals surface area contributed by atoms with Crippen LogP contribution in [0.5, 0.6) is 0 Å². The predicted octanol–water partition coefficient (Wildman–Crippen LogP) is 2.67. The SMILES string of the molecule is Cc1ccc(CCc2ccc(S(=O)(=O)NC(CC(=O)O)C[N+](C)(C)C)s2)cc1. The van der Waals surface area contributed by atoms with E-state index in [0.717, 1.165) is 17.7 Å². The van der Waals surface area contributed by atoms with Crippen molar-refractivity contribution in [1.29, 1.82) is 0 Å². The number of hydrogen-bond donors (Lipinski definition) is 2. The highest BCUT2D eigenvalue weighted by atomic mass is 32.2. The minimum absolute atomic E-state index is 0.225. The van der Waals surface area contributed by atoms with Gasteiger partial charge in [-0.3, -0.25) is 4.79 Å². The lowest BCUT2D eigenvalue weighted by atomic mass is 10.1. The Morgan fingerprint density at radius 2 is 1.75 bits per heavy atom. The van der Waals surface area contributed by atoms with Gasteiger partial charge in [-0.05, 0) is 37.5 Å². The van der Waals surface area contributed by atoms with Crippen molar-refractivity contribution in [3.8, 4) is 0 Å². The number of carboxylic acids is 1. The lowest BCUT2D eigenvalue weighted by Gasteiger charge is -2.28. The highest BCUT2D eigenvalue weighted by Crippen LogP contribution is 2.23. The van der Waals surface area contributed by atoms with Gasteiger partial charge in [-0.1, -0.05) is 29.8 Å². The van der Waals surface area contributed by atoms with Crippen LogP contribution in [0.1, 0.15) is 22.4 Å². The molecule has 6 nitrogen and oxygen atoms in total. The Balaban J connectivity index is 2.06. The Kier molecular flexibility index (Phi) is 7.39. The molecule has 1 aromatic carbocycles. The smallest absolute Gasteiger partial charge is 0.305 e. The number of aryl methyl sites for hydroxylation is 3. The number of benzene rings is 1. The van der Waals surface area contributed by atoms with Crippen molar-refractivity contribution < 1.29 is 22.8 Å². The van der Waals surface area contributed by atoms with Crippen LogP contribution in [0, 0.1) is 6.92 Å². The van der Waals surface area contributed by atoms with Crippen LogP contribution in [-0.4, -0.2) is 57.7 Å². The van der Waals surface area contributed by atoms with Gasteiger partial charge >= 0.3 is 5.97 Å². The molecule has 1 heterocycles. The maximum Gasteiger partial charge on any atom is 0.305 e. The summed E-state index contributed by atoms with van der Waals surface area (Å²) in [5, 5.41) is 9.11. The van der Waals surface area contributed by atoms with E-state index in [0.29, 0.717) is 11.0 Å². The Morgan fingerprint density at radius 1 is 1.11 bits per heavy atom. The fourth-order valence-electron chi connectivity index (χ4n) is 2.95. The monoisotopic (exact) mass is 425 g/mol. The number of rotatable bonds is 10. The largest absolute Gasteiger partial charge is 0.481 e. The average Bonchev–Trinajstić information content (AvgIpc) is 3.01. The Morgan fingerprint density at radius 3 is 2.32 bits per heavy atom. The highest BCUT2D eigenvalue weighted by Gasteiger charge is 2.27. The van der Waals surface area contributed by atoms with E-state index in [1.165, 1.54) is 22.5 Å². The molecule has 154 valence electrons. The highest BCUT2D eigenvalue weighted by molar-refractivity contribution is 7.91. The summed E-state index contributed by atoms with van der Waals surface area (Å²) < 4.78 is 28.7. The molecular weight excluding hydrogens is 396 g/mol. The third-order valence-corrected chi connectivity index (χ3v) is 7.35. The van der Waals surface area contributed by atoms with E-state index >= 15 is 0 Å². The topological polar surface area (TPSA) is 83.5 Å². The molecule has 0 spiro atoms. The Bertz CT molecular complexity index is 897. The number of sulfonamides is 1. The van der Waals surface area contributed by atoms with Gasteiger partial charge < -0.3 is 9.59 Å². The van der Waals surface area contributed by atoms with Gasteiger partial charge in [0.1, 0.15) is 4.21 Å². The van der Waals surface area contributed by atoms with Crippen molar-refractivity contribution in [2.45, 2.75) is 36.4 Å². The number of thiophene rings is 1. The van der Waals surface area contributed by atoms with Crippen molar-refractivity contribution >= 4 is 27.3 Å². The number of hydrogen-bond acceptors (Lipinski definition) is 4. The molecule has 2 aromatic rings. The van der Waals surface area contributed by atoms with Crippen molar-refractivity contribution in [2.24, 2.45) is 0 Å². The number of aliphatic carboxylic acids is 1. The number of carboxylic acid groups (broad SMARTS) is 1. The fraction of sp³-hybridized carbons (Fsp3) is 0.450. The second-order valence-electron chi connectivity index (χ2n) is 8.10. The Hall–Kier alpha value is -1.74. The zero-order chi connectivity index (χ0) is 20.9. The summed E-state index contributed by atoms with van der Waals surface area (Å²) in [6.07, 6.45) is 1.36. The van der Waals surface area contributed by atoms with E-state index < -0.39 is 22.0 Å². The van der Waals surface area contributed by atoms with Gasteiger partial charge in [0.2, 0.25) is 0 Å². The quantitative estimate of drug-likeness (QED) is 0.573. The van der Waals surface area contributed by atoms with Gasteiger partial charge in [0, 0.05) is 4.88 Å². The molecule has 0 aliphatic carbocycles. The average molecular weight is 426 g/mol. The number of quaternary nitrogens is 1. The maximum absolute atomic E-state index is 12.7. The van der Waals surface area contributed by atoms with Crippen LogP contribution in [0.2, 0.25) is 0 Å². The van der Waals surface area contributed by atoms with E-state index in [-0.39, 0.29) is 10.6 Å². The molecule has 0 bridgehead atoms. The van der Waals surface area contributed by atoms with Crippen LogP contribution < -0.4 is 4.72 Å². The summed E-state index contributed by atoms with van der Waals surface area (Å²) in [6.45, 7) is 2.43. The first kappa shape index (κ1) is 22.5. The summed E-state index contributed by atoms with van der Waals surface area (Å²) in [5.41, 5.74) is 2.43. The first-order valence-corrected chi connectivity index (χ1v) is 11.4. The van der Waals surface area contributed by atoms with E-state index in [2.05, 4.69) is 29.0 Å². The third-order valence-electron chi connectivity index (χ3n) is 4.19. The van der Waals surface area contributed by atoms with Crippen molar-refractivity contribution in [1.82, 2.24) is 4.72 Å². The normalized spacial score (nSPS) is 13.4. The molecule has 1 aromatic heterocycles. The first-order valence-electron chi connectivity index (χ1n) is 9.13. The minimum atomic E-state index is -3.75. The van der Waals surface area contributed by atoms with Crippen LogP contribution in [0.4, 0.5) is 0 Å². The molecule has 0 saturated carbocycles. The molecule has 0 saturated heterocycles. The Labute approximate surface area is 171 Å². The summed E-state index contributed by atoms with van der Waals surface area (Å²) in [6, 6.07) is 11.1. The van der Waals surface area contributed by atoms with E-state index in [1.54, 1.807) is 6.07 Å². The first-order chi connectivity index (χ1) is 12.9. The van der Waals surface area contributed by atoms with Gasteiger partial charge in [-0.25, -0.2) is 13.1 Å². The maximum atomic E-state index is 12.7. The second kappa shape index (κ2) is 9.17. The van der Waals surface area contributed by atoms with Crippen molar-refractivity contribution in [2.75, 3.05) is 27.7 Å². The van der Waals surface area contributed by atoms with Crippen LogP contribution >= 0.6 is 11.3 Å². The van der Waals surface area contributed by atoms with Crippen LogP contribution in [-0.2, 0) is 27.7 Å². The molecule has 1 atom stereocenters. The third kappa shape index (κ3) is 7.35. The minimum Gasteiger partial charge on any atom is -0.481 e. The molecular formula is C20H29N2O4S2+. The zero-order valence-corrected chi connectivity index (χ0v) is 18.4. The summed E-state index contributed by atoms with van der Waals surface area (Å²) in [7, 11) is 1.95. The molecule has 0 aliphatic heterocycles. The lowest BCUT2D eigenvalue weighted by Crippen LogP contribution is -2.49. The zero-order valence-electron chi connectivity index (χ0n) is 16.8. The van der Waals surface area contributed by atoms with Crippen molar-refractivity contribution in [3.05, 3.63) is 52.4 Å². The number of likely N-dealkylation sites (N-methyl/N-ethyl adjacent to an activating group) is 1. The van der Waals surface area contributed by atoms with Gasteiger partial charge in [0.15, 0.2) is 0 Å². The molecule has 0 aliphatic rings. The summed E-state index contributed by atoms with van der Waals surface area (Å²) in [4.78, 5) is 12.1. The molecule has 28 heavy (non-hydrogen) atoms. The van der Waals surface area contributed by atoms with E-state index in [4.69, 9.17) is 5.11 Å². The standard InChI is InChI=1S/C20H28N2O4S2/c1-15-5-7-16(8-6-15)9-10-18-11-12-20(27-18)28(25,26)21-17(13-19(23)24)14-22(2,3)4/h5-8,11-12,17,21H,9-10,13-14H2,1-4H3/p+1. The second-order valence-corrected chi connectivity index (χ2v) is 11.2. The lowest BCUT2D eigenvalue weighted by molar-refractivity contribution is -0.871. The molecule has 0 radical (unpaired) electrons. The molecule has 2 rings (SSSR count). The molecule has 0 fully saturated rings. The van der Waals surface area contributed by atoms with Gasteiger partial charge in [-0.15, -0.1) is 11.3 Å². The van der Waals surface area contributed by atoms with E-state index in [9.17, 15) is 13.2 Å². The fourth-order valence-corrected chi connectivity index (χ4v) is 5.55. The molecule has 0 amide bonds. The van der Waals surface area contributed by atoms with Gasteiger partial charge in [0.05, 0.1) is 40.2 Å². The number of carbonyl (C=O) groups is 1. The number of nitrogens with one attached hydrogen (secondary N) is 1. The van der Waals surface area contributed by atoms with Crippen LogP contribution in [0.25, 0.3) is 0 Å². The van der Waals surface area contributed by atoms with E-state index in [1.807, 2.05) is 34.1 Å². The molecule has 1 unspecified atom stereocenters. The van der Waals surface area contributed by atoms with Crippen LogP contribution in [0.15, 0.2) is 40.6 Å². The molecule has 2 N–H and O–H groups in total. The summed E-state index contributed by atoms with van der Waals surface area (Å²) >= 11 is 1.24. The predicted molar refractivity (Wildman–Crippen MR) is 112 cm³/mol. The number of nitrogens with zero attached hydrogens (tertiary/aromatic N) is 1.